The van der Waals surface area contributed by atoms with Gasteiger partial charge in [0.25, 0.3) is 5.91 Å². The van der Waals surface area contributed by atoms with E-state index in [0.717, 1.165) is 31.2 Å². The van der Waals surface area contributed by atoms with E-state index in [9.17, 15) is 13.2 Å². The van der Waals surface area contributed by atoms with Crippen LogP contribution in [0.4, 0.5) is 0 Å². The summed E-state index contributed by atoms with van der Waals surface area (Å²) >= 11 is 0. The molecule has 2 aromatic rings. The highest BCUT2D eigenvalue weighted by atomic mass is 32.2. The summed E-state index contributed by atoms with van der Waals surface area (Å²) in [5.41, 5.74) is 1.50. The van der Waals surface area contributed by atoms with E-state index in [-0.39, 0.29) is 22.9 Å². The van der Waals surface area contributed by atoms with Gasteiger partial charge in [0.05, 0.1) is 4.90 Å². The Balaban J connectivity index is 1.57. The summed E-state index contributed by atoms with van der Waals surface area (Å²) in [4.78, 5) is 15.1. The molecule has 0 aliphatic heterocycles. The molecule has 4 rings (SSSR count). The van der Waals surface area contributed by atoms with Gasteiger partial charge in [0.15, 0.2) is 0 Å². The van der Waals surface area contributed by atoms with Crippen LogP contribution >= 0.6 is 0 Å². The van der Waals surface area contributed by atoms with Crippen molar-refractivity contribution in [3.8, 4) is 0 Å². The Hall–Kier alpha value is -2.18. The van der Waals surface area contributed by atoms with Gasteiger partial charge in [0.2, 0.25) is 10.0 Å². The predicted octanol–water partition coefficient (Wildman–Crippen LogP) is 2.93. The Morgan fingerprint density at radius 2 is 1.73 bits per heavy atom. The molecule has 26 heavy (non-hydrogen) atoms. The van der Waals surface area contributed by atoms with Crippen LogP contribution in [0.1, 0.15) is 41.6 Å². The first-order valence-electron chi connectivity index (χ1n) is 9.00. The SMILES string of the molecule is O=C(c1cccc(S(=O)(=O)NC2CC2)c1)N(Cc1ccccc1)C1CC1. The number of nitrogens with one attached hydrogen (secondary N) is 1. The minimum atomic E-state index is -3.56. The van der Waals surface area contributed by atoms with Crippen LogP contribution in [0.15, 0.2) is 59.5 Å². The van der Waals surface area contributed by atoms with E-state index in [4.69, 9.17) is 0 Å². The molecule has 5 nitrogen and oxygen atoms in total. The number of benzene rings is 2. The number of hydrogen-bond acceptors (Lipinski definition) is 3. The van der Waals surface area contributed by atoms with Crippen molar-refractivity contribution in [2.45, 2.75) is 49.2 Å². The highest BCUT2D eigenvalue weighted by Crippen LogP contribution is 2.30. The maximum Gasteiger partial charge on any atom is 0.254 e. The standard InChI is InChI=1S/C20H22N2O3S/c23-20(22(18-11-12-18)14-15-5-2-1-3-6-15)16-7-4-8-19(13-16)26(24,25)21-17-9-10-17/h1-8,13,17-18,21H,9-12,14H2. The largest absolute Gasteiger partial charge is 0.331 e. The molecule has 0 unspecified atom stereocenters. The number of carbonyl (C=O) groups is 1. The van der Waals surface area contributed by atoms with Crippen molar-refractivity contribution in [3.05, 3.63) is 65.7 Å². The number of hydrogen-bond donors (Lipinski definition) is 1. The minimum Gasteiger partial charge on any atom is -0.331 e. The highest BCUT2D eigenvalue weighted by Gasteiger charge is 2.34. The zero-order valence-electron chi connectivity index (χ0n) is 14.5. The van der Waals surface area contributed by atoms with Crippen molar-refractivity contribution in [1.29, 1.82) is 0 Å². The minimum absolute atomic E-state index is 0.0420. The molecule has 2 aromatic carbocycles. The fraction of sp³-hybridized carbons (Fsp3) is 0.350. The maximum absolute atomic E-state index is 13.1. The molecule has 0 radical (unpaired) electrons. The Kier molecular flexibility index (Phi) is 4.54. The number of nitrogens with zero attached hydrogens (tertiary/aromatic N) is 1. The first kappa shape index (κ1) is 17.2. The smallest absolute Gasteiger partial charge is 0.254 e. The monoisotopic (exact) mass is 370 g/mol. The van der Waals surface area contributed by atoms with E-state index in [2.05, 4.69) is 4.72 Å². The molecular weight excluding hydrogens is 348 g/mol. The molecular formula is C20H22N2O3S. The third-order valence-corrected chi connectivity index (χ3v) is 6.25. The Labute approximate surface area is 154 Å². The van der Waals surface area contributed by atoms with Gasteiger partial charge in [-0.3, -0.25) is 4.79 Å². The molecule has 2 aliphatic carbocycles. The van der Waals surface area contributed by atoms with E-state index in [0.29, 0.717) is 12.1 Å². The molecule has 6 heteroatoms. The molecule has 2 saturated carbocycles. The number of carbonyl (C=O) groups excluding carboxylic acids is 1. The summed E-state index contributed by atoms with van der Waals surface area (Å²) in [7, 11) is -3.56. The normalized spacial score (nSPS) is 17.1. The van der Waals surface area contributed by atoms with E-state index in [1.165, 1.54) is 6.07 Å². The van der Waals surface area contributed by atoms with Crippen LogP contribution in [0.5, 0.6) is 0 Å². The van der Waals surface area contributed by atoms with Crippen molar-refractivity contribution >= 4 is 15.9 Å². The molecule has 136 valence electrons. The van der Waals surface area contributed by atoms with Gasteiger partial charge in [-0.05, 0) is 49.4 Å². The Morgan fingerprint density at radius 3 is 2.38 bits per heavy atom. The van der Waals surface area contributed by atoms with Crippen molar-refractivity contribution in [2.75, 3.05) is 0 Å². The quantitative estimate of drug-likeness (QED) is 0.815. The lowest BCUT2D eigenvalue weighted by atomic mass is 10.1. The molecule has 0 aromatic heterocycles. The molecule has 1 N–H and O–H groups in total. The summed E-state index contributed by atoms with van der Waals surface area (Å²) in [5.74, 6) is -0.111. The van der Waals surface area contributed by atoms with Gasteiger partial charge < -0.3 is 4.90 Å². The third kappa shape index (κ3) is 3.97. The lowest BCUT2D eigenvalue weighted by Crippen LogP contribution is -2.33. The van der Waals surface area contributed by atoms with Crippen molar-refractivity contribution < 1.29 is 13.2 Å². The molecule has 0 spiro atoms. The second kappa shape index (κ2) is 6.85. The number of amides is 1. The summed E-state index contributed by atoms with van der Waals surface area (Å²) in [6.45, 7) is 0.543. The van der Waals surface area contributed by atoms with Crippen LogP contribution in [-0.4, -0.2) is 31.3 Å². The number of rotatable bonds is 7. The highest BCUT2D eigenvalue weighted by molar-refractivity contribution is 7.89. The van der Waals surface area contributed by atoms with Gasteiger partial charge in [0.1, 0.15) is 0 Å². The van der Waals surface area contributed by atoms with Gasteiger partial charge in [0, 0.05) is 24.2 Å². The van der Waals surface area contributed by atoms with Gasteiger partial charge in [-0.1, -0.05) is 36.4 Å². The van der Waals surface area contributed by atoms with E-state index < -0.39 is 10.0 Å². The van der Waals surface area contributed by atoms with Crippen LogP contribution in [0.3, 0.4) is 0 Å². The molecule has 0 saturated heterocycles. The lowest BCUT2D eigenvalue weighted by molar-refractivity contribution is 0.0729. The summed E-state index contributed by atoms with van der Waals surface area (Å²) in [6.07, 6.45) is 3.76. The summed E-state index contributed by atoms with van der Waals surface area (Å²) in [5, 5.41) is 0. The molecule has 0 heterocycles. The fourth-order valence-electron chi connectivity index (χ4n) is 2.98. The Bertz CT molecular complexity index is 904. The van der Waals surface area contributed by atoms with Gasteiger partial charge >= 0.3 is 0 Å². The van der Waals surface area contributed by atoms with Crippen molar-refractivity contribution in [3.63, 3.8) is 0 Å². The third-order valence-electron chi connectivity index (χ3n) is 4.73. The van der Waals surface area contributed by atoms with Crippen LogP contribution in [-0.2, 0) is 16.6 Å². The first-order valence-corrected chi connectivity index (χ1v) is 10.5. The predicted molar refractivity (Wildman–Crippen MR) is 99.1 cm³/mol. The van der Waals surface area contributed by atoms with Crippen LogP contribution < -0.4 is 4.72 Å². The fourth-order valence-corrected chi connectivity index (χ4v) is 4.33. The van der Waals surface area contributed by atoms with Crippen LogP contribution in [0, 0.1) is 0 Å². The zero-order valence-corrected chi connectivity index (χ0v) is 15.3. The molecule has 2 fully saturated rings. The van der Waals surface area contributed by atoms with Crippen molar-refractivity contribution in [1.82, 2.24) is 9.62 Å². The molecule has 0 atom stereocenters. The Morgan fingerprint density at radius 1 is 1.00 bits per heavy atom. The second-order valence-electron chi connectivity index (χ2n) is 7.07. The maximum atomic E-state index is 13.1. The average Bonchev–Trinajstić information content (AvgIpc) is 3.55. The van der Waals surface area contributed by atoms with E-state index in [1.807, 2.05) is 35.2 Å². The zero-order chi connectivity index (χ0) is 18.1. The van der Waals surface area contributed by atoms with Gasteiger partial charge in [-0.15, -0.1) is 0 Å². The molecule has 0 bridgehead atoms. The average molecular weight is 370 g/mol. The molecule has 1 amide bonds. The van der Waals surface area contributed by atoms with E-state index >= 15 is 0 Å². The van der Waals surface area contributed by atoms with E-state index in [1.54, 1.807) is 18.2 Å². The van der Waals surface area contributed by atoms with Gasteiger partial charge in [-0.25, -0.2) is 13.1 Å². The molecule has 2 aliphatic rings. The van der Waals surface area contributed by atoms with Crippen molar-refractivity contribution in [2.24, 2.45) is 0 Å². The summed E-state index contributed by atoms with van der Waals surface area (Å²) < 4.78 is 27.5. The first-order chi connectivity index (χ1) is 12.5. The van der Waals surface area contributed by atoms with Crippen LogP contribution in [0.25, 0.3) is 0 Å². The lowest BCUT2D eigenvalue weighted by Gasteiger charge is -2.23. The number of sulfonamides is 1. The second-order valence-corrected chi connectivity index (χ2v) is 8.79. The topological polar surface area (TPSA) is 66.5 Å². The van der Waals surface area contributed by atoms with Gasteiger partial charge in [-0.2, -0.15) is 0 Å². The van der Waals surface area contributed by atoms with Crippen LogP contribution in [0.2, 0.25) is 0 Å². The summed E-state index contributed by atoms with van der Waals surface area (Å²) in [6, 6.07) is 16.5.